The van der Waals surface area contributed by atoms with Crippen LogP contribution in [0.3, 0.4) is 0 Å². The van der Waals surface area contributed by atoms with Crippen molar-refractivity contribution in [2.45, 2.75) is 6.54 Å². The number of hydrogen-bond acceptors (Lipinski definition) is 3. The number of nitrogens with one attached hydrogen (secondary N) is 1. The van der Waals surface area contributed by atoms with Gasteiger partial charge in [-0.05, 0) is 29.8 Å². The Labute approximate surface area is 183 Å². The van der Waals surface area contributed by atoms with Crippen molar-refractivity contribution in [3.05, 3.63) is 99.9 Å². The third-order valence-electron chi connectivity index (χ3n) is 4.72. The fourth-order valence-corrected chi connectivity index (χ4v) is 4.64. The average molecular weight is 435 g/mol. The number of hydrogen-bond donors (Lipinski definition) is 1. The second-order valence-corrected chi connectivity index (χ2v) is 8.35. The van der Waals surface area contributed by atoms with E-state index in [4.69, 9.17) is 11.6 Å². The Hall–Kier alpha value is -3.15. The Morgan fingerprint density at radius 1 is 0.967 bits per heavy atom. The number of benzene rings is 3. The van der Waals surface area contributed by atoms with Crippen LogP contribution >= 0.6 is 22.9 Å². The van der Waals surface area contributed by atoms with Gasteiger partial charge in [0.25, 0.3) is 11.8 Å². The molecular weight excluding hydrogens is 416 g/mol. The maximum Gasteiger partial charge on any atom is 0.267 e. The van der Waals surface area contributed by atoms with Crippen molar-refractivity contribution in [2.75, 3.05) is 12.4 Å². The van der Waals surface area contributed by atoms with E-state index in [9.17, 15) is 9.59 Å². The highest BCUT2D eigenvalue weighted by molar-refractivity contribution is 7.21. The number of halogens is 1. The molecule has 0 unspecified atom stereocenters. The third kappa shape index (κ3) is 4.22. The highest BCUT2D eigenvalue weighted by atomic mass is 35.5. The summed E-state index contributed by atoms with van der Waals surface area (Å²) < 4.78 is 0.958. The lowest BCUT2D eigenvalue weighted by Crippen LogP contribution is -2.26. The summed E-state index contributed by atoms with van der Waals surface area (Å²) >= 11 is 7.76. The van der Waals surface area contributed by atoms with Crippen molar-refractivity contribution in [3.8, 4) is 0 Å². The van der Waals surface area contributed by atoms with Gasteiger partial charge in [-0.25, -0.2) is 0 Å². The van der Waals surface area contributed by atoms with Gasteiger partial charge in [-0.3, -0.25) is 9.59 Å². The second-order valence-electron chi connectivity index (χ2n) is 6.92. The molecule has 0 aliphatic heterocycles. The van der Waals surface area contributed by atoms with Crippen LogP contribution in [0.2, 0.25) is 5.02 Å². The van der Waals surface area contributed by atoms with Crippen molar-refractivity contribution in [1.82, 2.24) is 4.90 Å². The summed E-state index contributed by atoms with van der Waals surface area (Å²) in [6.07, 6.45) is 0. The third-order valence-corrected chi connectivity index (χ3v) is 6.39. The molecule has 0 fully saturated rings. The number of anilines is 1. The molecule has 3 aromatic carbocycles. The lowest BCUT2D eigenvalue weighted by molar-refractivity contribution is 0.0784. The molecule has 4 aromatic rings. The molecule has 0 bridgehead atoms. The van der Waals surface area contributed by atoms with E-state index in [2.05, 4.69) is 5.32 Å². The monoisotopic (exact) mass is 434 g/mol. The number of nitrogens with zero attached hydrogens (tertiary/aromatic N) is 1. The summed E-state index contributed by atoms with van der Waals surface area (Å²) in [5.74, 6) is -0.404. The lowest BCUT2D eigenvalue weighted by Gasteiger charge is -2.18. The molecule has 6 heteroatoms. The van der Waals surface area contributed by atoms with Crippen LogP contribution in [0.1, 0.15) is 25.6 Å². The Kier molecular flexibility index (Phi) is 5.84. The zero-order chi connectivity index (χ0) is 21.1. The van der Waals surface area contributed by atoms with Gasteiger partial charge in [-0.2, -0.15) is 0 Å². The van der Waals surface area contributed by atoms with Gasteiger partial charge in [-0.1, -0.05) is 66.2 Å². The summed E-state index contributed by atoms with van der Waals surface area (Å²) in [5.41, 5.74) is 2.11. The molecule has 0 radical (unpaired) electrons. The minimum absolute atomic E-state index is 0.116. The van der Waals surface area contributed by atoms with Crippen molar-refractivity contribution < 1.29 is 9.59 Å². The topological polar surface area (TPSA) is 49.4 Å². The molecule has 2 amide bonds. The Morgan fingerprint density at radius 2 is 1.70 bits per heavy atom. The van der Waals surface area contributed by atoms with Crippen molar-refractivity contribution in [2.24, 2.45) is 0 Å². The molecular formula is C24H19ClN2O2S. The first-order valence-electron chi connectivity index (χ1n) is 9.41. The molecule has 1 N–H and O–H groups in total. The van der Waals surface area contributed by atoms with Crippen LogP contribution in [0, 0.1) is 0 Å². The first-order chi connectivity index (χ1) is 14.5. The van der Waals surface area contributed by atoms with E-state index in [0.29, 0.717) is 27.7 Å². The number of thiophene rings is 1. The second kappa shape index (κ2) is 8.69. The summed E-state index contributed by atoms with van der Waals surface area (Å²) in [7, 11) is 1.76. The molecule has 0 saturated carbocycles. The molecule has 150 valence electrons. The van der Waals surface area contributed by atoms with Crippen LogP contribution in [0.15, 0.2) is 78.9 Å². The molecule has 1 heterocycles. The van der Waals surface area contributed by atoms with Gasteiger partial charge in [-0.15, -0.1) is 11.3 Å². The summed E-state index contributed by atoms with van der Waals surface area (Å²) in [6.45, 7) is 0.508. The van der Waals surface area contributed by atoms with Gasteiger partial charge < -0.3 is 10.2 Å². The first kappa shape index (κ1) is 20.1. The maximum atomic E-state index is 12.8. The molecule has 30 heavy (non-hydrogen) atoms. The number of amides is 2. The van der Waals surface area contributed by atoms with E-state index in [1.165, 1.54) is 11.3 Å². The van der Waals surface area contributed by atoms with Gasteiger partial charge in [0.05, 0.1) is 5.02 Å². The predicted molar refractivity (Wildman–Crippen MR) is 123 cm³/mol. The highest BCUT2D eigenvalue weighted by Crippen LogP contribution is 2.35. The SMILES string of the molecule is CN(Cc1ccccc1)C(=O)c1cccc(NC(=O)c2sc3ccccc3c2Cl)c1. The smallest absolute Gasteiger partial charge is 0.267 e. The predicted octanol–water partition coefficient (Wildman–Crippen LogP) is 6.08. The summed E-state index contributed by atoms with van der Waals surface area (Å²) in [6, 6.07) is 24.4. The number of fused-ring (bicyclic) bond motifs is 1. The summed E-state index contributed by atoms with van der Waals surface area (Å²) in [4.78, 5) is 27.7. The molecule has 4 rings (SSSR count). The Balaban J connectivity index is 1.50. The van der Waals surface area contributed by atoms with Crippen LogP contribution in [-0.2, 0) is 6.54 Å². The van der Waals surface area contributed by atoms with E-state index >= 15 is 0 Å². The van der Waals surface area contributed by atoms with Gasteiger partial charge in [0.2, 0.25) is 0 Å². The minimum Gasteiger partial charge on any atom is -0.337 e. The average Bonchev–Trinajstić information content (AvgIpc) is 3.11. The van der Waals surface area contributed by atoms with Crippen molar-refractivity contribution >= 4 is 50.5 Å². The molecule has 0 spiro atoms. The first-order valence-corrected chi connectivity index (χ1v) is 10.6. The number of carbonyl (C=O) groups excluding carboxylic acids is 2. The van der Waals surface area contributed by atoms with E-state index < -0.39 is 0 Å². The minimum atomic E-state index is -0.288. The molecule has 4 nitrogen and oxygen atoms in total. The quantitative estimate of drug-likeness (QED) is 0.414. The van der Waals surface area contributed by atoms with Crippen LogP contribution in [0.5, 0.6) is 0 Å². The van der Waals surface area contributed by atoms with E-state index in [0.717, 1.165) is 15.6 Å². The zero-order valence-corrected chi connectivity index (χ0v) is 17.8. The van der Waals surface area contributed by atoms with Gasteiger partial charge >= 0.3 is 0 Å². The Bertz CT molecular complexity index is 1220. The van der Waals surface area contributed by atoms with E-state index in [1.54, 1.807) is 36.2 Å². The van der Waals surface area contributed by atoms with Gasteiger partial charge in [0, 0.05) is 34.9 Å². The van der Waals surface area contributed by atoms with Crippen molar-refractivity contribution in [3.63, 3.8) is 0 Å². The number of carbonyl (C=O) groups is 2. The molecule has 0 saturated heterocycles. The summed E-state index contributed by atoms with van der Waals surface area (Å²) in [5, 5.41) is 4.17. The molecule has 0 atom stereocenters. The van der Waals surface area contributed by atoms with Crippen molar-refractivity contribution in [1.29, 1.82) is 0 Å². The standard InChI is InChI=1S/C24H19ClN2O2S/c1-27(15-16-8-3-2-4-9-16)24(29)17-10-7-11-18(14-17)26-23(28)22-21(25)19-12-5-6-13-20(19)30-22/h2-14H,15H2,1H3,(H,26,28). The Morgan fingerprint density at radius 3 is 2.47 bits per heavy atom. The maximum absolute atomic E-state index is 12.8. The van der Waals surface area contributed by atoms with Crippen LogP contribution in [-0.4, -0.2) is 23.8 Å². The highest BCUT2D eigenvalue weighted by Gasteiger charge is 2.18. The number of rotatable bonds is 5. The normalized spacial score (nSPS) is 10.7. The molecule has 0 aliphatic carbocycles. The fourth-order valence-electron chi connectivity index (χ4n) is 3.23. The van der Waals surface area contributed by atoms with E-state index in [-0.39, 0.29) is 11.8 Å². The zero-order valence-electron chi connectivity index (χ0n) is 16.3. The van der Waals surface area contributed by atoms with Crippen LogP contribution in [0.25, 0.3) is 10.1 Å². The largest absolute Gasteiger partial charge is 0.337 e. The fraction of sp³-hybridized carbons (Fsp3) is 0.0833. The lowest BCUT2D eigenvalue weighted by atomic mass is 10.1. The molecule has 0 aliphatic rings. The molecule has 1 aromatic heterocycles. The van der Waals surface area contributed by atoms with E-state index in [1.807, 2.05) is 54.6 Å². The van der Waals surface area contributed by atoms with Crippen LogP contribution in [0.4, 0.5) is 5.69 Å². The van der Waals surface area contributed by atoms with Crippen LogP contribution < -0.4 is 5.32 Å². The van der Waals surface area contributed by atoms with Gasteiger partial charge in [0.1, 0.15) is 4.88 Å². The van der Waals surface area contributed by atoms with Gasteiger partial charge in [0.15, 0.2) is 0 Å².